The van der Waals surface area contributed by atoms with Gasteiger partial charge in [-0.05, 0) is 63.6 Å². The van der Waals surface area contributed by atoms with E-state index in [1.807, 2.05) is 12.1 Å². The highest BCUT2D eigenvalue weighted by atomic mass is 16.7. The van der Waals surface area contributed by atoms with Crippen LogP contribution in [0.4, 0.5) is 0 Å². The van der Waals surface area contributed by atoms with Crippen molar-refractivity contribution >= 4 is 0 Å². The van der Waals surface area contributed by atoms with Crippen LogP contribution in [0.5, 0.6) is 5.75 Å². The molecule has 1 unspecified atom stereocenters. The van der Waals surface area contributed by atoms with Crippen molar-refractivity contribution in [2.45, 2.75) is 122 Å². The molecule has 3 heterocycles. The molecule has 0 N–H and O–H groups in total. The summed E-state index contributed by atoms with van der Waals surface area (Å²) < 4.78 is 24.5. The number of rotatable bonds is 13. The summed E-state index contributed by atoms with van der Waals surface area (Å²) in [6, 6.07) is 8.36. The molecule has 3 aliphatic rings. The quantitative estimate of drug-likeness (QED) is 0.271. The van der Waals surface area contributed by atoms with Gasteiger partial charge in [-0.25, -0.2) is 0 Å². The molecular weight excluding hydrogens is 466 g/mol. The average molecular weight is 518 g/mol. The Morgan fingerprint density at radius 3 is 2.19 bits per heavy atom. The van der Waals surface area contributed by atoms with E-state index in [4.69, 9.17) is 23.8 Å². The van der Waals surface area contributed by atoms with Crippen molar-refractivity contribution in [3.63, 3.8) is 0 Å². The van der Waals surface area contributed by atoms with Crippen LogP contribution in [0, 0.1) is 5.41 Å². The lowest BCUT2D eigenvalue weighted by atomic mass is 9.72. The Bertz CT molecular complexity index is 838. The molecule has 1 aromatic carbocycles. The number of hydrogen-bond donors (Lipinski definition) is 0. The number of epoxide rings is 1. The summed E-state index contributed by atoms with van der Waals surface area (Å²) >= 11 is 0. The molecule has 3 fully saturated rings. The monoisotopic (exact) mass is 517 g/mol. The Morgan fingerprint density at radius 2 is 1.62 bits per heavy atom. The first-order valence-corrected chi connectivity index (χ1v) is 14.8. The van der Waals surface area contributed by atoms with Crippen molar-refractivity contribution in [2.24, 2.45) is 5.41 Å². The standard InChI is InChI=1S/C31H51NO5/c1-7-11-17-29(8-2)23-35-31(36-24-29)21-28(5,6)32(30(9-3,10-4)22-31)37-18-16-25-12-14-26(15-13-25)33-19-27-20-34-27/h12-15,27H,7-11,16-24H2,1-6H3. The van der Waals surface area contributed by atoms with E-state index in [9.17, 15) is 0 Å². The van der Waals surface area contributed by atoms with Crippen molar-refractivity contribution in [3.05, 3.63) is 29.8 Å². The highest BCUT2D eigenvalue weighted by Crippen LogP contribution is 2.52. The minimum absolute atomic E-state index is 0.125. The number of nitrogens with zero attached hydrogens (tertiary/aromatic N) is 1. The molecule has 0 bridgehead atoms. The van der Waals surface area contributed by atoms with Gasteiger partial charge in [-0.1, -0.05) is 52.7 Å². The molecule has 0 amide bonds. The van der Waals surface area contributed by atoms with Gasteiger partial charge >= 0.3 is 0 Å². The zero-order valence-corrected chi connectivity index (χ0v) is 24.3. The maximum atomic E-state index is 6.75. The van der Waals surface area contributed by atoms with E-state index >= 15 is 0 Å². The van der Waals surface area contributed by atoms with Crippen molar-refractivity contribution in [2.75, 3.05) is 33.0 Å². The molecule has 1 spiro atoms. The normalized spacial score (nSPS) is 30.9. The van der Waals surface area contributed by atoms with Crippen LogP contribution in [0.2, 0.25) is 0 Å². The average Bonchev–Trinajstić information content (AvgIpc) is 3.74. The fourth-order valence-electron chi connectivity index (χ4n) is 6.40. The first kappa shape index (κ1) is 28.8. The van der Waals surface area contributed by atoms with E-state index in [1.165, 1.54) is 24.8 Å². The SMILES string of the molecule is CCCCC1(CC)COC2(CC(C)(C)N(OCCc3ccc(OCC4CO4)cc3)C(CC)(CC)C2)OC1. The molecule has 1 aromatic rings. The van der Waals surface area contributed by atoms with Gasteiger partial charge in [0, 0.05) is 23.8 Å². The summed E-state index contributed by atoms with van der Waals surface area (Å²) in [7, 11) is 0. The second-order valence-electron chi connectivity index (χ2n) is 12.3. The molecule has 0 radical (unpaired) electrons. The molecule has 1 atom stereocenters. The largest absolute Gasteiger partial charge is 0.491 e. The second-order valence-corrected chi connectivity index (χ2v) is 12.3. The highest BCUT2D eigenvalue weighted by Gasteiger charge is 2.59. The summed E-state index contributed by atoms with van der Waals surface area (Å²) in [6.45, 7) is 17.4. The van der Waals surface area contributed by atoms with Gasteiger partial charge in [0.2, 0.25) is 0 Å². The van der Waals surface area contributed by atoms with E-state index in [2.05, 4.69) is 58.7 Å². The number of unbranched alkanes of at least 4 members (excludes halogenated alkanes) is 1. The van der Waals surface area contributed by atoms with Crippen molar-refractivity contribution in [1.82, 2.24) is 5.06 Å². The van der Waals surface area contributed by atoms with E-state index in [0.29, 0.717) is 13.2 Å². The topological polar surface area (TPSA) is 52.7 Å². The molecule has 0 aromatic heterocycles. The maximum absolute atomic E-state index is 6.75. The fourth-order valence-corrected chi connectivity index (χ4v) is 6.40. The van der Waals surface area contributed by atoms with E-state index in [1.54, 1.807) is 0 Å². The van der Waals surface area contributed by atoms with Crippen LogP contribution in [0.15, 0.2) is 24.3 Å². The van der Waals surface area contributed by atoms with Crippen LogP contribution in [0.1, 0.15) is 98.5 Å². The molecule has 6 nitrogen and oxygen atoms in total. The van der Waals surface area contributed by atoms with Crippen LogP contribution in [-0.2, 0) is 25.5 Å². The Morgan fingerprint density at radius 1 is 0.946 bits per heavy atom. The summed E-state index contributed by atoms with van der Waals surface area (Å²) in [5.41, 5.74) is 1.08. The molecule has 37 heavy (non-hydrogen) atoms. The number of piperidine rings is 1. The van der Waals surface area contributed by atoms with Crippen molar-refractivity contribution in [3.8, 4) is 5.75 Å². The molecule has 4 rings (SSSR count). The molecule has 6 heteroatoms. The first-order valence-electron chi connectivity index (χ1n) is 14.8. The smallest absolute Gasteiger partial charge is 0.172 e. The van der Waals surface area contributed by atoms with Crippen LogP contribution >= 0.6 is 0 Å². The highest BCUT2D eigenvalue weighted by molar-refractivity contribution is 5.27. The third-order valence-electron chi connectivity index (χ3n) is 9.06. The zero-order valence-electron chi connectivity index (χ0n) is 24.3. The lowest BCUT2D eigenvalue weighted by Gasteiger charge is -2.61. The van der Waals surface area contributed by atoms with Gasteiger partial charge in [0.15, 0.2) is 5.79 Å². The van der Waals surface area contributed by atoms with Gasteiger partial charge in [0.1, 0.15) is 18.5 Å². The van der Waals surface area contributed by atoms with Gasteiger partial charge in [0.25, 0.3) is 0 Å². The minimum Gasteiger partial charge on any atom is -0.491 e. The van der Waals surface area contributed by atoms with Gasteiger partial charge in [0.05, 0.1) is 32.0 Å². The zero-order chi connectivity index (χ0) is 26.6. The maximum Gasteiger partial charge on any atom is 0.172 e. The fraction of sp³-hybridized carbons (Fsp3) is 0.806. The molecule has 210 valence electrons. The summed E-state index contributed by atoms with van der Waals surface area (Å²) in [5, 5.41) is 2.31. The molecular formula is C31H51NO5. The van der Waals surface area contributed by atoms with Crippen molar-refractivity contribution in [1.29, 1.82) is 0 Å². The number of benzene rings is 1. The number of hydroxylamine groups is 2. The van der Waals surface area contributed by atoms with E-state index < -0.39 is 5.79 Å². The molecule has 0 saturated carbocycles. The van der Waals surface area contributed by atoms with E-state index in [-0.39, 0.29) is 22.6 Å². The molecule has 0 aliphatic carbocycles. The summed E-state index contributed by atoms with van der Waals surface area (Å²) in [5.74, 6) is 0.370. The van der Waals surface area contributed by atoms with Gasteiger partial charge in [-0.15, -0.1) is 0 Å². The Balaban J connectivity index is 1.38. The van der Waals surface area contributed by atoms with Crippen LogP contribution in [0.25, 0.3) is 0 Å². The number of ether oxygens (including phenoxy) is 4. The summed E-state index contributed by atoms with van der Waals surface area (Å²) in [6.07, 6.45) is 9.52. The molecule has 3 aliphatic heterocycles. The number of hydrogen-bond acceptors (Lipinski definition) is 6. The van der Waals surface area contributed by atoms with Gasteiger partial charge < -0.3 is 18.9 Å². The predicted octanol–water partition coefficient (Wildman–Crippen LogP) is 6.70. The van der Waals surface area contributed by atoms with Crippen LogP contribution in [0.3, 0.4) is 0 Å². The van der Waals surface area contributed by atoms with E-state index in [0.717, 1.165) is 64.1 Å². The van der Waals surface area contributed by atoms with Crippen LogP contribution < -0.4 is 4.74 Å². The Labute approximate surface area is 225 Å². The Kier molecular flexibility index (Phi) is 9.28. The van der Waals surface area contributed by atoms with Crippen LogP contribution in [-0.4, -0.2) is 61.1 Å². The minimum atomic E-state index is -0.526. The second kappa shape index (κ2) is 11.9. The van der Waals surface area contributed by atoms with Gasteiger partial charge in [-0.2, -0.15) is 5.06 Å². The third-order valence-corrected chi connectivity index (χ3v) is 9.06. The predicted molar refractivity (Wildman–Crippen MR) is 147 cm³/mol. The first-order chi connectivity index (χ1) is 17.7. The Hall–Kier alpha value is -1.18. The van der Waals surface area contributed by atoms with Gasteiger partial charge in [-0.3, -0.25) is 4.84 Å². The summed E-state index contributed by atoms with van der Waals surface area (Å²) in [4.78, 5) is 6.64. The van der Waals surface area contributed by atoms with Crippen molar-refractivity contribution < 1.29 is 23.8 Å². The third kappa shape index (κ3) is 6.70. The molecule has 3 saturated heterocycles. The lowest BCUT2D eigenvalue weighted by Crippen LogP contribution is -2.69. The lowest BCUT2D eigenvalue weighted by molar-refractivity contribution is -0.388.